The van der Waals surface area contributed by atoms with E-state index in [0.29, 0.717) is 19.8 Å². The second kappa shape index (κ2) is 10.0. The first kappa shape index (κ1) is 20.8. The number of rotatable bonds is 8. The number of hydrogen-bond donors (Lipinski definition) is 0. The maximum atomic E-state index is 5.51. The normalized spacial score (nSPS) is 15.7. The van der Waals surface area contributed by atoms with Crippen LogP contribution in [0.5, 0.6) is 0 Å². The summed E-state index contributed by atoms with van der Waals surface area (Å²) in [5.74, 6) is 6.35. The lowest BCUT2D eigenvalue weighted by Gasteiger charge is -2.15. The van der Waals surface area contributed by atoms with Crippen molar-refractivity contribution in [3.8, 4) is 11.8 Å². The summed E-state index contributed by atoms with van der Waals surface area (Å²) < 4.78 is 12.9. The van der Waals surface area contributed by atoms with Crippen LogP contribution in [0.1, 0.15) is 43.6 Å². The Morgan fingerprint density at radius 1 is 1.20 bits per heavy atom. The molecule has 30 heavy (non-hydrogen) atoms. The zero-order valence-electron chi connectivity index (χ0n) is 17.6. The maximum absolute atomic E-state index is 5.51. The zero-order chi connectivity index (χ0) is 20.8. The number of fused-ring (bicyclic) bond motifs is 1. The minimum atomic E-state index is 0.240. The monoisotopic (exact) mass is 421 g/mol. The minimum absolute atomic E-state index is 0.240. The number of ether oxygens (including phenoxy) is 2. The molecule has 5 nitrogen and oxygen atoms in total. The highest BCUT2D eigenvalue weighted by Gasteiger charge is 2.25. The van der Waals surface area contributed by atoms with E-state index in [2.05, 4.69) is 45.5 Å². The number of thiophene rings is 1. The molecule has 0 bridgehead atoms. The molecule has 2 aliphatic carbocycles. The van der Waals surface area contributed by atoms with Gasteiger partial charge in [0, 0.05) is 0 Å². The first-order chi connectivity index (χ1) is 14.7. The fraction of sp³-hybridized carbons (Fsp3) is 0.417. The van der Waals surface area contributed by atoms with Gasteiger partial charge in [-0.15, -0.1) is 11.3 Å². The van der Waals surface area contributed by atoms with Crippen LogP contribution in [0.2, 0.25) is 0 Å². The van der Waals surface area contributed by atoms with Gasteiger partial charge in [-0.3, -0.25) is 0 Å². The summed E-state index contributed by atoms with van der Waals surface area (Å²) in [4.78, 5) is 5.15. The van der Waals surface area contributed by atoms with Crippen molar-refractivity contribution in [2.24, 2.45) is 0 Å². The SMILES string of the molecule is CC(C)OCCOCC#Cc1cc(C2=C3CC=CC(Cn4cncn4)=C3CC2)cs1. The van der Waals surface area contributed by atoms with Crippen LogP contribution in [0.3, 0.4) is 0 Å². The molecule has 2 aliphatic rings. The smallest absolute Gasteiger partial charge is 0.137 e. The molecule has 0 saturated carbocycles. The van der Waals surface area contributed by atoms with Gasteiger partial charge in [0.15, 0.2) is 0 Å². The maximum Gasteiger partial charge on any atom is 0.137 e. The van der Waals surface area contributed by atoms with Crippen LogP contribution >= 0.6 is 11.3 Å². The van der Waals surface area contributed by atoms with Crippen molar-refractivity contribution in [1.82, 2.24) is 14.8 Å². The number of aromatic nitrogens is 3. The topological polar surface area (TPSA) is 49.2 Å². The highest BCUT2D eigenvalue weighted by Crippen LogP contribution is 2.44. The fourth-order valence-corrected chi connectivity index (χ4v) is 4.65. The predicted octanol–water partition coefficient (Wildman–Crippen LogP) is 4.64. The Labute approximate surface area is 182 Å². The third-order valence-electron chi connectivity index (χ3n) is 5.19. The van der Waals surface area contributed by atoms with Crippen molar-refractivity contribution in [2.75, 3.05) is 19.8 Å². The lowest BCUT2D eigenvalue weighted by atomic mass is 9.92. The van der Waals surface area contributed by atoms with Gasteiger partial charge in [-0.1, -0.05) is 24.0 Å². The van der Waals surface area contributed by atoms with E-state index >= 15 is 0 Å². The second-order valence-electron chi connectivity index (χ2n) is 7.63. The van der Waals surface area contributed by atoms with Crippen molar-refractivity contribution < 1.29 is 9.47 Å². The Kier molecular flexibility index (Phi) is 6.96. The Bertz CT molecular complexity index is 1020. The van der Waals surface area contributed by atoms with Crippen LogP contribution in [-0.4, -0.2) is 40.7 Å². The molecule has 0 aromatic carbocycles. The van der Waals surface area contributed by atoms with Gasteiger partial charge in [0.2, 0.25) is 0 Å². The van der Waals surface area contributed by atoms with Crippen LogP contribution in [0.4, 0.5) is 0 Å². The van der Waals surface area contributed by atoms with Gasteiger partial charge in [-0.2, -0.15) is 5.10 Å². The third-order valence-corrected chi connectivity index (χ3v) is 6.04. The molecular weight excluding hydrogens is 394 g/mol. The zero-order valence-corrected chi connectivity index (χ0v) is 18.4. The summed E-state index contributed by atoms with van der Waals surface area (Å²) in [5, 5.41) is 6.49. The highest BCUT2D eigenvalue weighted by atomic mass is 32.1. The largest absolute Gasteiger partial charge is 0.376 e. The molecule has 2 aromatic rings. The molecule has 0 radical (unpaired) electrons. The summed E-state index contributed by atoms with van der Waals surface area (Å²) in [6, 6.07) is 2.22. The number of hydrogen-bond acceptors (Lipinski definition) is 5. The Balaban J connectivity index is 1.40. The van der Waals surface area contributed by atoms with E-state index < -0.39 is 0 Å². The van der Waals surface area contributed by atoms with E-state index in [1.165, 1.54) is 27.9 Å². The van der Waals surface area contributed by atoms with E-state index in [1.54, 1.807) is 24.0 Å². The average molecular weight is 422 g/mol. The molecule has 4 rings (SSSR count). The van der Waals surface area contributed by atoms with E-state index in [9.17, 15) is 0 Å². The number of allylic oxidation sites excluding steroid dienone is 6. The van der Waals surface area contributed by atoms with Gasteiger partial charge in [-0.05, 0) is 72.4 Å². The van der Waals surface area contributed by atoms with Crippen LogP contribution in [-0.2, 0) is 16.0 Å². The summed E-state index contributed by atoms with van der Waals surface area (Å²) in [7, 11) is 0. The van der Waals surface area contributed by atoms with Crippen molar-refractivity contribution in [3.63, 3.8) is 0 Å². The molecule has 0 amide bonds. The van der Waals surface area contributed by atoms with Crippen molar-refractivity contribution in [3.05, 3.63) is 63.4 Å². The lowest BCUT2D eigenvalue weighted by molar-refractivity contribution is 0.0280. The van der Waals surface area contributed by atoms with E-state index in [0.717, 1.165) is 30.7 Å². The molecule has 0 fully saturated rings. The molecule has 0 aliphatic heterocycles. The average Bonchev–Trinajstić information content (AvgIpc) is 3.48. The summed E-state index contributed by atoms with van der Waals surface area (Å²) in [6.45, 7) is 6.46. The fourth-order valence-electron chi connectivity index (χ4n) is 3.86. The van der Waals surface area contributed by atoms with E-state index in [1.807, 2.05) is 18.5 Å². The molecule has 0 saturated heterocycles. The standard InChI is InChI=1S/C24H27N3O2S/c1-18(2)29-12-11-28-10-4-6-21-13-20(15-30-21)23-9-8-22-19(5-3-7-24(22)23)14-27-17-25-16-26-27/h3,5,13,15-18H,7-12,14H2,1-2H3. The van der Waals surface area contributed by atoms with Crippen LogP contribution in [0, 0.1) is 11.8 Å². The van der Waals surface area contributed by atoms with Crippen LogP contribution < -0.4 is 0 Å². The number of nitrogens with zero attached hydrogens (tertiary/aromatic N) is 3. The van der Waals surface area contributed by atoms with Gasteiger partial charge in [0.05, 0.1) is 30.7 Å². The van der Waals surface area contributed by atoms with E-state index in [4.69, 9.17) is 9.47 Å². The molecule has 2 heterocycles. The predicted molar refractivity (Wildman–Crippen MR) is 120 cm³/mol. The summed E-state index contributed by atoms with van der Waals surface area (Å²) >= 11 is 1.71. The van der Waals surface area contributed by atoms with Gasteiger partial charge >= 0.3 is 0 Å². The van der Waals surface area contributed by atoms with Gasteiger partial charge in [0.1, 0.15) is 19.3 Å². The summed E-state index contributed by atoms with van der Waals surface area (Å²) in [5.41, 5.74) is 7.11. The summed E-state index contributed by atoms with van der Waals surface area (Å²) in [6.07, 6.45) is 11.3. The first-order valence-electron chi connectivity index (χ1n) is 10.4. The Morgan fingerprint density at radius 2 is 2.10 bits per heavy atom. The second-order valence-corrected chi connectivity index (χ2v) is 8.55. The van der Waals surface area contributed by atoms with E-state index in [-0.39, 0.29) is 6.10 Å². The van der Waals surface area contributed by atoms with Gasteiger partial charge in [-0.25, -0.2) is 9.67 Å². The van der Waals surface area contributed by atoms with Gasteiger partial charge < -0.3 is 9.47 Å². The molecule has 0 atom stereocenters. The lowest BCUT2D eigenvalue weighted by Crippen LogP contribution is -2.09. The molecule has 6 heteroatoms. The third kappa shape index (κ3) is 5.17. The molecule has 0 N–H and O–H groups in total. The highest BCUT2D eigenvalue weighted by molar-refractivity contribution is 7.10. The van der Waals surface area contributed by atoms with Crippen molar-refractivity contribution >= 4 is 16.9 Å². The first-order valence-corrected chi connectivity index (χ1v) is 11.3. The Morgan fingerprint density at radius 3 is 2.93 bits per heavy atom. The molecular formula is C24H27N3O2S. The Hall–Kier alpha value is -2.46. The van der Waals surface area contributed by atoms with Crippen LogP contribution in [0.25, 0.3) is 5.57 Å². The van der Waals surface area contributed by atoms with Crippen molar-refractivity contribution in [1.29, 1.82) is 0 Å². The molecule has 0 spiro atoms. The van der Waals surface area contributed by atoms with Crippen molar-refractivity contribution in [2.45, 2.75) is 45.8 Å². The molecule has 156 valence electrons. The van der Waals surface area contributed by atoms with Gasteiger partial charge in [0.25, 0.3) is 0 Å². The minimum Gasteiger partial charge on any atom is -0.376 e. The molecule has 0 unspecified atom stereocenters. The quantitative estimate of drug-likeness (QED) is 0.460. The molecule has 2 aromatic heterocycles. The van der Waals surface area contributed by atoms with Crippen LogP contribution in [0.15, 0.2) is 53.0 Å².